The van der Waals surface area contributed by atoms with E-state index in [1.54, 1.807) is 0 Å². The molecule has 6 rings (SSSR count). The summed E-state index contributed by atoms with van der Waals surface area (Å²) < 4.78 is 163. The second kappa shape index (κ2) is 4.29. The first-order chi connectivity index (χ1) is 18.2. The van der Waals surface area contributed by atoms with Gasteiger partial charge in [-0.1, -0.05) is 0 Å². The SMILES string of the molecule is [2H]C1([2H])[C@H]2[C@@H]1C([2H])([2H])[C@@]([2H])(C#N)N2C(=O)[C@@H](N)C12C([2H])([2H])C3([2H])C([2H])([2H])C([2H])(C([2H])([2H])C(O)(C3([2H])[2H])C1([2H])[2H])C2([2H])[2H]. The molecular formula is C18H25N3O2. The molecular weight excluding hydrogens is 290 g/mol. The van der Waals surface area contributed by atoms with Gasteiger partial charge in [-0.2, -0.15) is 5.26 Å². The Balaban J connectivity index is 1.90. The third-order valence-corrected chi connectivity index (χ3v) is 4.33. The quantitative estimate of drug-likeness (QED) is 0.793. The first-order valence-corrected chi connectivity index (χ1v) is 6.97. The van der Waals surface area contributed by atoms with Crippen molar-refractivity contribution in [1.82, 2.24) is 4.90 Å². The highest BCUT2D eigenvalue weighted by atomic mass is 16.3. The van der Waals surface area contributed by atoms with Crippen molar-refractivity contribution in [3.8, 4) is 6.07 Å². The second-order valence-electron chi connectivity index (χ2n) is 5.90. The van der Waals surface area contributed by atoms with Gasteiger partial charge in [0.25, 0.3) is 0 Å². The van der Waals surface area contributed by atoms with Gasteiger partial charge < -0.3 is 15.7 Å². The lowest BCUT2D eigenvalue weighted by Gasteiger charge is -2.61. The van der Waals surface area contributed by atoms with Gasteiger partial charge in [0, 0.05) is 30.7 Å². The number of nitriles is 1. The van der Waals surface area contributed by atoms with Crippen molar-refractivity contribution in [3.63, 3.8) is 0 Å². The van der Waals surface area contributed by atoms with Crippen molar-refractivity contribution >= 4 is 5.91 Å². The first-order valence-electron chi connectivity index (χ1n) is 16.5. The molecule has 5 aliphatic carbocycles. The van der Waals surface area contributed by atoms with Crippen LogP contribution in [0, 0.1) is 34.5 Å². The third kappa shape index (κ3) is 1.88. The van der Waals surface area contributed by atoms with Gasteiger partial charge in [-0.25, -0.2) is 0 Å². The van der Waals surface area contributed by atoms with Gasteiger partial charge in [0.2, 0.25) is 5.91 Å². The molecule has 0 aromatic heterocycles. The topological polar surface area (TPSA) is 90.4 Å². The molecule has 3 N–H and O–H groups in total. The molecule has 0 spiro atoms. The van der Waals surface area contributed by atoms with Crippen LogP contribution in [0.4, 0.5) is 0 Å². The predicted molar refractivity (Wildman–Crippen MR) is 82.8 cm³/mol. The number of carbonyl (C=O) groups is 1. The smallest absolute Gasteiger partial charge is 0.241 e. The van der Waals surface area contributed by atoms with Crippen LogP contribution in [0.25, 0.3) is 0 Å². The van der Waals surface area contributed by atoms with Gasteiger partial charge >= 0.3 is 0 Å². The van der Waals surface area contributed by atoms with E-state index in [2.05, 4.69) is 0 Å². The van der Waals surface area contributed by atoms with Crippen LogP contribution in [0.1, 0.15) is 77.0 Å². The van der Waals surface area contributed by atoms with Crippen LogP contribution >= 0.6 is 0 Å². The fourth-order valence-corrected chi connectivity index (χ4v) is 3.27. The molecule has 1 heterocycles. The number of nitrogens with zero attached hydrogens (tertiary/aromatic N) is 2. The first kappa shape index (κ1) is 4.74. The van der Waals surface area contributed by atoms with Gasteiger partial charge in [0.05, 0.1) is 19.1 Å². The zero-order valence-corrected chi connectivity index (χ0v) is 11.6. The molecule has 5 heteroatoms. The molecule has 0 radical (unpaired) electrons. The van der Waals surface area contributed by atoms with E-state index in [0.29, 0.717) is 0 Å². The summed E-state index contributed by atoms with van der Waals surface area (Å²) in [4.78, 5) is 14.1. The molecule has 6 fully saturated rings. The van der Waals surface area contributed by atoms with Crippen molar-refractivity contribution in [1.29, 1.82) is 5.26 Å². The van der Waals surface area contributed by atoms with E-state index in [-0.39, 0.29) is 4.90 Å². The lowest BCUT2D eigenvalue weighted by Crippen LogP contribution is -2.64. The van der Waals surface area contributed by atoms with E-state index >= 15 is 0 Å². The van der Waals surface area contributed by atoms with Gasteiger partial charge in [-0.05, 0) is 74.1 Å². The minimum absolute atomic E-state index is 0.0572. The van der Waals surface area contributed by atoms with Gasteiger partial charge in [0.1, 0.15) is 6.02 Å². The van der Waals surface area contributed by atoms with Crippen molar-refractivity contribution in [2.24, 2.45) is 28.9 Å². The summed E-state index contributed by atoms with van der Waals surface area (Å²) in [5, 5.41) is 21.4. The summed E-state index contributed by atoms with van der Waals surface area (Å²) in [5.41, 5.74) is -2.58. The molecule has 1 aliphatic heterocycles. The van der Waals surface area contributed by atoms with Crippen LogP contribution in [-0.4, -0.2) is 39.6 Å². The summed E-state index contributed by atoms with van der Waals surface area (Å²) in [5.74, 6) is -12.4. The number of aliphatic hydroxyl groups is 1. The highest BCUT2D eigenvalue weighted by molar-refractivity contribution is 5.84. The van der Waals surface area contributed by atoms with Crippen LogP contribution in [0.15, 0.2) is 0 Å². The predicted octanol–water partition coefficient (Wildman–Crippen LogP) is 1.16. The maximum Gasteiger partial charge on any atom is 0.241 e. The zero-order valence-electron chi connectivity index (χ0n) is 30.6. The highest BCUT2D eigenvalue weighted by Crippen LogP contribution is 2.63. The zero-order chi connectivity index (χ0) is 33.1. The maximum atomic E-state index is 14.1. The van der Waals surface area contributed by atoms with E-state index in [1.165, 1.54) is 6.07 Å². The fraction of sp³-hybridized carbons (Fsp3) is 0.889. The van der Waals surface area contributed by atoms with Crippen LogP contribution in [-0.2, 0) is 4.79 Å². The lowest BCUT2D eigenvalue weighted by atomic mass is 9.46. The number of nitrogens with two attached hydrogens (primary N) is 1. The average molecular weight is 335 g/mol. The van der Waals surface area contributed by atoms with Crippen LogP contribution in [0.2, 0.25) is 0 Å². The molecule has 0 aromatic rings. The Morgan fingerprint density at radius 3 is 2.70 bits per heavy atom. The fourth-order valence-electron chi connectivity index (χ4n) is 3.27. The minimum atomic E-state index is -4.44. The van der Waals surface area contributed by atoms with Crippen molar-refractivity contribution in [2.45, 2.75) is 74.7 Å². The monoisotopic (exact) mass is 334 g/mol. The Morgan fingerprint density at radius 2 is 2.04 bits per heavy atom. The molecule has 2 unspecified atom stereocenters. The van der Waals surface area contributed by atoms with E-state index in [9.17, 15) is 15.2 Å². The largest absolute Gasteiger partial charge is 0.390 e. The number of hydrogen-bond donors (Lipinski definition) is 2. The number of likely N-dealkylation sites (tertiary alicyclic amines) is 1. The Bertz CT molecular complexity index is 1260. The summed E-state index contributed by atoms with van der Waals surface area (Å²) in [6.07, 6.45) is -31.6. The number of fused-ring (bicyclic) bond motifs is 1. The maximum absolute atomic E-state index is 14.1. The van der Waals surface area contributed by atoms with Crippen LogP contribution in [0.3, 0.4) is 0 Å². The molecule has 5 nitrogen and oxygen atoms in total. The Labute approximate surface area is 163 Å². The lowest BCUT2D eigenvalue weighted by molar-refractivity contribution is -0.177. The molecule has 0 aromatic carbocycles. The average Bonchev–Trinajstić information content (AvgIpc) is 3.32. The molecule has 1 saturated heterocycles. The standard InChI is InChI=1S/C18H25N3O2/c19-8-13-2-12-3-14(12)21(13)16(22)15(20)17-4-10-1-11(5-17)7-18(23,6-10)9-17/h10-15,23H,1-7,9,20H2/t10?,11?,12-,13+,14+,15-,17?,18?/m1/s1/i1D2,2D2,3D2,4D2,5D2,6D2,7D2,9D2,10D,11D,13D. The van der Waals surface area contributed by atoms with Crippen molar-refractivity contribution in [3.05, 3.63) is 0 Å². The molecule has 1 amide bonds. The van der Waals surface area contributed by atoms with Crippen molar-refractivity contribution in [2.75, 3.05) is 0 Å². The number of amides is 1. The summed E-state index contributed by atoms with van der Waals surface area (Å²) in [6, 6.07) is -7.29. The number of piperidine rings is 1. The molecule has 5 saturated carbocycles. The summed E-state index contributed by atoms with van der Waals surface area (Å²) in [7, 11) is 0. The molecule has 23 heavy (non-hydrogen) atoms. The van der Waals surface area contributed by atoms with Crippen LogP contribution in [0.5, 0.6) is 0 Å². The molecule has 124 valence electrons. The summed E-state index contributed by atoms with van der Waals surface area (Å²) >= 11 is 0. The van der Waals surface area contributed by atoms with Gasteiger partial charge in [-0.3, -0.25) is 4.79 Å². The summed E-state index contributed by atoms with van der Waals surface area (Å²) in [6.45, 7) is 0. The third-order valence-electron chi connectivity index (χ3n) is 4.33. The van der Waals surface area contributed by atoms with Crippen LogP contribution < -0.4 is 5.73 Å². The Kier molecular flexibility index (Phi) is 0.882. The van der Waals surface area contributed by atoms with E-state index in [0.717, 1.165) is 0 Å². The van der Waals surface area contributed by atoms with Crippen molar-refractivity contribution < 1.29 is 35.9 Å². The number of hydrogen-bond acceptors (Lipinski definition) is 4. The molecule has 6 aliphatic rings. The Morgan fingerprint density at radius 1 is 1.35 bits per heavy atom. The number of rotatable bonds is 2. The van der Waals surface area contributed by atoms with E-state index in [4.69, 9.17) is 31.8 Å². The second-order valence-corrected chi connectivity index (χ2v) is 5.90. The van der Waals surface area contributed by atoms with Gasteiger partial charge in [-0.15, -0.1) is 0 Å². The minimum Gasteiger partial charge on any atom is -0.390 e. The van der Waals surface area contributed by atoms with E-state index in [1.807, 2.05) is 0 Å². The van der Waals surface area contributed by atoms with E-state index < -0.39 is 104 Å². The Hall–Kier alpha value is -1.12. The van der Waals surface area contributed by atoms with Gasteiger partial charge in [0.15, 0.2) is 0 Å². The number of carbonyl (C=O) groups excluding carboxylic acids is 1. The molecule has 4 bridgehead atoms. The molecule has 6 atom stereocenters. The normalized spacial score (nSPS) is 93.1. The highest BCUT2D eigenvalue weighted by Gasteiger charge is 2.62.